The summed E-state index contributed by atoms with van der Waals surface area (Å²) in [5.41, 5.74) is 2.95. The number of anilines is 1. The molecule has 6 heteroatoms. The van der Waals surface area contributed by atoms with Gasteiger partial charge in [0.25, 0.3) is 0 Å². The Balaban J connectivity index is 1.41. The quantitative estimate of drug-likeness (QED) is 0.491. The van der Waals surface area contributed by atoms with E-state index in [1.165, 1.54) is 0 Å². The smallest absolute Gasteiger partial charge is 0.329 e. The Morgan fingerprint density at radius 2 is 1.26 bits per heavy atom. The zero-order chi connectivity index (χ0) is 21.4. The standard InChI is InChI=1S/C25H25N3O3/c1-30-19-15-18(16-20(17-19)31-2)26-11-13-27(14-12-26)25(29)28-23-9-5-3-7-21(23)22-8-4-6-10-24(22)28/h3-10,15-17H,11-14H2,1-2H3. The Labute approximate surface area is 181 Å². The third kappa shape index (κ3) is 3.34. The molecule has 1 aliphatic heterocycles. The van der Waals surface area contributed by atoms with Crippen LogP contribution in [0.1, 0.15) is 0 Å². The summed E-state index contributed by atoms with van der Waals surface area (Å²) in [5, 5.41) is 2.21. The minimum absolute atomic E-state index is 0.0280. The van der Waals surface area contributed by atoms with Crippen LogP contribution in [0.2, 0.25) is 0 Å². The molecule has 0 N–H and O–H groups in total. The van der Waals surface area contributed by atoms with E-state index in [-0.39, 0.29) is 6.03 Å². The Kier molecular flexibility index (Phi) is 4.90. The first-order valence-electron chi connectivity index (χ1n) is 10.4. The van der Waals surface area contributed by atoms with Gasteiger partial charge in [-0.05, 0) is 12.1 Å². The number of fused-ring (bicyclic) bond motifs is 3. The summed E-state index contributed by atoms with van der Waals surface area (Å²) < 4.78 is 12.7. The van der Waals surface area contributed by atoms with E-state index in [0.29, 0.717) is 13.1 Å². The molecule has 1 fully saturated rings. The van der Waals surface area contributed by atoms with Crippen LogP contribution >= 0.6 is 0 Å². The molecule has 5 rings (SSSR count). The first-order valence-corrected chi connectivity index (χ1v) is 10.4. The largest absolute Gasteiger partial charge is 0.497 e. The summed E-state index contributed by atoms with van der Waals surface area (Å²) in [6.45, 7) is 2.80. The second kappa shape index (κ2) is 7.87. The van der Waals surface area contributed by atoms with Crippen LogP contribution in [0.5, 0.6) is 11.5 Å². The minimum Gasteiger partial charge on any atom is -0.497 e. The van der Waals surface area contributed by atoms with Crippen molar-refractivity contribution >= 4 is 33.5 Å². The van der Waals surface area contributed by atoms with Crippen LogP contribution in [-0.4, -0.2) is 55.9 Å². The number of para-hydroxylation sites is 2. The van der Waals surface area contributed by atoms with Gasteiger partial charge in [0.05, 0.1) is 25.3 Å². The number of methoxy groups -OCH3 is 2. The van der Waals surface area contributed by atoms with Crippen molar-refractivity contribution in [3.63, 3.8) is 0 Å². The highest BCUT2D eigenvalue weighted by molar-refractivity contribution is 6.13. The van der Waals surface area contributed by atoms with Crippen LogP contribution in [0.4, 0.5) is 10.5 Å². The maximum atomic E-state index is 13.6. The highest BCUT2D eigenvalue weighted by Gasteiger charge is 2.25. The average Bonchev–Trinajstić information content (AvgIpc) is 3.18. The van der Waals surface area contributed by atoms with Gasteiger partial charge in [0.15, 0.2) is 0 Å². The van der Waals surface area contributed by atoms with Crippen LogP contribution in [0, 0.1) is 0 Å². The molecule has 2 heterocycles. The predicted octanol–water partition coefficient (Wildman–Crippen LogP) is 4.60. The van der Waals surface area contributed by atoms with E-state index >= 15 is 0 Å². The highest BCUT2D eigenvalue weighted by Crippen LogP contribution is 2.31. The second-order valence-electron chi connectivity index (χ2n) is 7.70. The molecule has 158 valence electrons. The summed E-state index contributed by atoms with van der Waals surface area (Å²) >= 11 is 0. The number of benzene rings is 3. The third-order valence-corrected chi connectivity index (χ3v) is 6.02. The van der Waals surface area contributed by atoms with Gasteiger partial charge in [-0.3, -0.25) is 4.57 Å². The number of piperazine rings is 1. The fourth-order valence-corrected chi connectivity index (χ4v) is 4.40. The summed E-state index contributed by atoms with van der Waals surface area (Å²) in [7, 11) is 3.31. The van der Waals surface area contributed by atoms with Gasteiger partial charge in [-0.2, -0.15) is 0 Å². The highest BCUT2D eigenvalue weighted by atomic mass is 16.5. The predicted molar refractivity (Wildman–Crippen MR) is 124 cm³/mol. The lowest BCUT2D eigenvalue weighted by atomic mass is 10.2. The molecule has 0 radical (unpaired) electrons. The molecule has 0 aliphatic carbocycles. The molecule has 1 amide bonds. The molecule has 4 aromatic rings. The Hall–Kier alpha value is -3.67. The first-order chi connectivity index (χ1) is 15.2. The van der Waals surface area contributed by atoms with Crippen LogP contribution < -0.4 is 14.4 Å². The Bertz CT molecular complexity index is 1180. The molecule has 3 aromatic carbocycles. The van der Waals surface area contributed by atoms with E-state index in [0.717, 1.165) is 52.1 Å². The summed E-state index contributed by atoms with van der Waals surface area (Å²) in [5.74, 6) is 1.52. The van der Waals surface area contributed by atoms with E-state index in [2.05, 4.69) is 17.0 Å². The lowest BCUT2D eigenvalue weighted by Gasteiger charge is -2.36. The van der Waals surface area contributed by atoms with E-state index in [9.17, 15) is 4.79 Å². The molecule has 0 saturated carbocycles. The molecule has 0 unspecified atom stereocenters. The molecule has 6 nitrogen and oxygen atoms in total. The third-order valence-electron chi connectivity index (χ3n) is 6.02. The molecule has 31 heavy (non-hydrogen) atoms. The van der Waals surface area contributed by atoms with Crippen molar-refractivity contribution in [1.29, 1.82) is 0 Å². The van der Waals surface area contributed by atoms with Gasteiger partial charge >= 0.3 is 6.03 Å². The van der Waals surface area contributed by atoms with Crippen LogP contribution in [0.3, 0.4) is 0 Å². The van der Waals surface area contributed by atoms with Crippen molar-refractivity contribution in [2.24, 2.45) is 0 Å². The fraction of sp³-hybridized carbons (Fsp3) is 0.240. The molecular weight excluding hydrogens is 390 g/mol. The van der Waals surface area contributed by atoms with Gasteiger partial charge in [0, 0.05) is 60.8 Å². The maximum absolute atomic E-state index is 13.6. The van der Waals surface area contributed by atoms with Gasteiger partial charge in [-0.15, -0.1) is 0 Å². The van der Waals surface area contributed by atoms with E-state index < -0.39 is 0 Å². The number of ether oxygens (including phenoxy) is 2. The zero-order valence-electron chi connectivity index (χ0n) is 17.7. The van der Waals surface area contributed by atoms with Crippen molar-refractivity contribution in [2.45, 2.75) is 0 Å². The Morgan fingerprint density at radius 1 is 0.742 bits per heavy atom. The lowest BCUT2D eigenvalue weighted by molar-refractivity contribution is 0.198. The second-order valence-corrected chi connectivity index (χ2v) is 7.70. The molecule has 1 aliphatic rings. The number of carbonyl (C=O) groups excluding carboxylic acids is 1. The van der Waals surface area contributed by atoms with Crippen molar-refractivity contribution in [3.05, 3.63) is 66.7 Å². The molecule has 1 saturated heterocycles. The number of rotatable bonds is 3. The lowest BCUT2D eigenvalue weighted by Crippen LogP contribution is -2.50. The van der Waals surface area contributed by atoms with E-state index in [1.807, 2.05) is 64.1 Å². The number of nitrogens with zero attached hydrogens (tertiary/aromatic N) is 3. The minimum atomic E-state index is 0.0280. The summed E-state index contributed by atoms with van der Waals surface area (Å²) in [6.07, 6.45) is 0. The topological polar surface area (TPSA) is 46.9 Å². The van der Waals surface area contributed by atoms with Gasteiger partial charge in [0.1, 0.15) is 11.5 Å². The Morgan fingerprint density at radius 3 is 1.77 bits per heavy atom. The van der Waals surface area contributed by atoms with Gasteiger partial charge in [-0.1, -0.05) is 36.4 Å². The number of carbonyl (C=O) groups is 1. The summed E-state index contributed by atoms with van der Waals surface area (Å²) in [4.78, 5) is 17.8. The van der Waals surface area contributed by atoms with Gasteiger partial charge < -0.3 is 19.3 Å². The first kappa shape index (κ1) is 19.3. The van der Waals surface area contributed by atoms with Crippen molar-refractivity contribution in [2.75, 3.05) is 45.3 Å². The maximum Gasteiger partial charge on any atom is 0.329 e. The normalized spacial score (nSPS) is 14.3. The number of hydrogen-bond donors (Lipinski definition) is 0. The summed E-state index contributed by atoms with van der Waals surface area (Å²) in [6, 6.07) is 22.1. The molecule has 0 atom stereocenters. The molecule has 0 bridgehead atoms. The number of aromatic nitrogens is 1. The average molecular weight is 415 g/mol. The van der Waals surface area contributed by atoms with Crippen LogP contribution in [0.15, 0.2) is 66.7 Å². The molecule has 0 spiro atoms. The number of hydrogen-bond acceptors (Lipinski definition) is 4. The van der Waals surface area contributed by atoms with E-state index in [4.69, 9.17) is 9.47 Å². The van der Waals surface area contributed by atoms with Gasteiger partial charge in [0.2, 0.25) is 0 Å². The zero-order valence-corrected chi connectivity index (χ0v) is 17.7. The molecule has 1 aromatic heterocycles. The van der Waals surface area contributed by atoms with E-state index in [1.54, 1.807) is 14.2 Å². The van der Waals surface area contributed by atoms with Crippen molar-refractivity contribution < 1.29 is 14.3 Å². The van der Waals surface area contributed by atoms with Crippen molar-refractivity contribution in [3.8, 4) is 11.5 Å². The van der Waals surface area contributed by atoms with Crippen LogP contribution in [-0.2, 0) is 0 Å². The van der Waals surface area contributed by atoms with Crippen LogP contribution in [0.25, 0.3) is 21.8 Å². The monoisotopic (exact) mass is 415 g/mol. The molecular formula is C25H25N3O3. The SMILES string of the molecule is COc1cc(OC)cc(N2CCN(C(=O)n3c4ccccc4c4ccccc43)CC2)c1. The van der Waals surface area contributed by atoms with Crippen molar-refractivity contribution in [1.82, 2.24) is 9.47 Å². The van der Waals surface area contributed by atoms with Gasteiger partial charge in [-0.25, -0.2) is 4.79 Å². The fourth-order valence-electron chi connectivity index (χ4n) is 4.40. The number of amides is 1.